The van der Waals surface area contributed by atoms with Crippen molar-refractivity contribution in [2.24, 2.45) is 0 Å². The summed E-state index contributed by atoms with van der Waals surface area (Å²) in [7, 11) is 0. The molecule has 0 aliphatic heterocycles. The topological polar surface area (TPSA) is 81.2 Å². The number of rotatable bonds is 3. The van der Waals surface area contributed by atoms with Crippen LogP contribution in [0.25, 0.3) is 27.7 Å². The minimum Gasteiger partial charge on any atom is -0.337 e. The molecule has 0 saturated heterocycles. The predicted molar refractivity (Wildman–Crippen MR) is 129 cm³/mol. The molecule has 32 heavy (non-hydrogen) atoms. The normalized spacial score (nSPS) is 13.7. The lowest BCUT2D eigenvalue weighted by Crippen LogP contribution is -2.02. The van der Waals surface area contributed by atoms with Crippen LogP contribution >= 0.6 is 11.3 Å². The molecular formula is C26H23N5S. The third kappa shape index (κ3) is 3.25. The predicted octanol–water partition coefficient (Wildman–Crippen LogP) is 6.16. The molecule has 1 aliphatic carbocycles. The standard InChI is InChI=1S/C26H23N5S/c1-15-8-9-22-23(10-15)30-25(29-22)19(13-27)12-18-11-16(2)31(17(18)3)26-21(14-28)20-6-4-5-7-24(20)32-26/h8-12H,4-7H2,1-3H3,(H,29,30)/b19-12-. The van der Waals surface area contributed by atoms with E-state index in [1.165, 1.54) is 16.9 Å². The Labute approximate surface area is 191 Å². The van der Waals surface area contributed by atoms with Crippen molar-refractivity contribution < 1.29 is 0 Å². The van der Waals surface area contributed by atoms with Gasteiger partial charge in [-0.1, -0.05) is 6.07 Å². The van der Waals surface area contributed by atoms with Crippen LogP contribution in [-0.4, -0.2) is 14.5 Å². The number of benzene rings is 1. The highest BCUT2D eigenvalue weighted by Crippen LogP contribution is 2.38. The molecule has 3 heterocycles. The summed E-state index contributed by atoms with van der Waals surface area (Å²) < 4.78 is 2.17. The van der Waals surface area contributed by atoms with Gasteiger partial charge in [-0.05, 0) is 87.4 Å². The summed E-state index contributed by atoms with van der Waals surface area (Å²) in [6.45, 7) is 6.14. The van der Waals surface area contributed by atoms with E-state index in [1.807, 2.05) is 31.2 Å². The summed E-state index contributed by atoms with van der Waals surface area (Å²) in [5.74, 6) is 0.571. The van der Waals surface area contributed by atoms with Crippen molar-refractivity contribution >= 4 is 34.0 Å². The van der Waals surface area contributed by atoms with Crippen LogP contribution in [-0.2, 0) is 12.8 Å². The summed E-state index contributed by atoms with van der Waals surface area (Å²) in [5.41, 5.74) is 8.50. The van der Waals surface area contributed by atoms with E-state index in [1.54, 1.807) is 11.3 Å². The molecule has 0 bridgehead atoms. The molecule has 0 amide bonds. The van der Waals surface area contributed by atoms with Gasteiger partial charge in [0.2, 0.25) is 0 Å². The summed E-state index contributed by atoms with van der Waals surface area (Å²) >= 11 is 1.74. The number of thiophene rings is 1. The number of nitriles is 2. The van der Waals surface area contributed by atoms with Crippen molar-refractivity contribution in [3.8, 4) is 17.1 Å². The van der Waals surface area contributed by atoms with Gasteiger partial charge < -0.3 is 9.55 Å². The zero-order valence-electron chi connectivity index (χ0n) is 18.4. The van der Waals surface area contributed by atoms with E-state index in [-0.39, 0.29) is 0 Å². The molecule has 4 aromatic rings. The van der Waals surface area contributed by atoms with E-state index < -0.39 is 0 Å². The third-order valence-electron chi connectivity index (χ3n) is 6.25. The first kappa shape index (κ1) is 20.3. The van der Waals surface area contributed by atoms with Crippen LogP contribution in [0.4, 0.5) is 0 Å². The van der Waals surface area contributed by atoms with Gasteiger partial charge in [0.15, 0.2) is 0 Å². The van der Waals surface area contributed by atoms with Gasteiger partial charge in [-0.2, -0.15) is 10.5 Å². The number of nitrogens with zero attached hydrogens (tertiary/aromatic N) is 4. The van der Waals surface area contributed by atoms with Crippen LogP contribution in [0.5, 0.6) is 0 Å². The van der Waals surface area contributed by atoms with Gasteiger partial charge in [-0.25, -0.2) is 4.98 Å². The van der Waals surface area contributed by atoms with Crippen LogP contribution in [0.1, 0.15) is 57.2 Å². The lowest BCUT2D eigenvalue weighted by molar-refractivity contribution is 0.695. The SMILES string of the molecule is Cc1ccc2nc(/C(C#N)=C\c3cc(C)n(-c4sc5c(c4C#N)CCCC5)c3C)[nH]c2c1. The molecule has 1 aromatic carbocycles. The number of allylic oxidation sites excluding steroid dienone is 1. The first-order chi connectivity index (χ1) is 15.5. The third-order valence-corrected chi connectivity index (χ3v) is 7.53. The van der Waals surface area contributed by atoms with Gasteiger partial charge in [0.25, 0.3) is 0 Å². The minimum atomic E-state index is 0.491. The maximum atomic E-state index is 9.91. The molecule has 158 valence electrons. The second-order valence-corrected chi connectivity index (χ2v) is 9.52. The Hall–Kier alpha value is -3.61. The number of aryl methyl sites for hydroxylation is 3. The van der Waals surface area contributed by atoms with E-state index in [0.717, 1.165) is 63.4 Å². The smallest absolute Gasteiger partial charge is 0.149 e. The van der Waals surface area contributed by atoms with Gasteiger partial charge >= 0.3 is 0 Å². The summed E-state index contributed by atoms with van der Waals surface area (Å²) in [4.78, 5) is 9.25. The average molecular weight is 438 g/mol. The molecule has 1 aliphatic rings. The molecule has 5 rings (SSSR count). The van der Waals surface area contributed by atoms with E-state index in [4.69, 9.17) is 0 Å². The highest BCUT2D eigenvalue weighted by atomic mass is 32.1. The summed E-state index contributed by atoms with van der Waals surface area (Å²) in [5, 5.41) is 20.8. The Morgan fingerprint density at radius 1 is 1.16 bits per heavy atom. The Morgan fingerprint density at radius 3 is 2.75 bits per heavy atom. The second kappa shape index (κ2) is 7.82. The number of fused-ring (bicyclic) bond motifs is 2. The maximum absolute atomic E-state index is 9.91. The van der Waals surface area contributed by atoms with E-state index in [9.17, 15) is 10.5 Å². The fourth-order valence-corrected chi connectivity index (χ4v) is 6.08. The summed E-state index contributed by atoms with van der Waals surface area (Å²) in [6.07, 6.45) is 6.29. The van der Waals surface area contributed by atoms with Crippen LogP contribution < -0.4 is 0 Å². The Kier molecular flexibility index (Phi) is 4.96. The Morgan fingerprint density at radius 2 is 1.97 bits per heavy atom. The van der Waals surface area contributed by atoms with Crippen molar-refractivity contribution in [1.82, 2.24) is 14.5 Å². The molecule has 5 nitrogen and oxygen atoms in total. The zero-order valence-corrected chi connectivity index (χ0v) is 19.2. The average Bonchev–Trinajstić information content (AvgIpc) is 3.44. The lowest BCUT2D eigenvalue weighted by Gasteiger charge is -2.10. The Balaban J connectivity index is 1.61. The number of aromatic nitrogens is 3. The highest BCUT2D eigenvalue weighted by molar-refractivity contribution is 7.15. The minimum absolute atomic E-state index is 0.491. The van der Waals surface area contributed by atoms with Crippen LogP contribution in [0.15, 0.2) is 24.3 Å². The van der Waals surface area contributed by atoms with Crippen LogP contribution in [0, 0.1) is 43.4 Å². The molecule has 3 aromatic heterocycles. The number of nitrogens with one attached hydrogen (secondary N) is 1. The number of hydrogen-bond donors (Lipinski definition) is 1. The second-order valence-electron chi connectivity index (χ2n) is 8.44. The van der Waals surface area contributed by atoms with Crippen molar-refractivity contribution in [2.75, 3.05) is 0 Å². The van der Waals surface area contributed by atoms with Gasteiger partial charge in [0, 0.05) is 16.3 Å². The van der Waals surface area contributed by atoms with Gasteiger partial charge in [0.05, 0.1) is 22.2 Å². The van der Waals surface area contributed by atoms with Crippen molar-refractivity contribution in [2.45, 2.75) is 46.5 Å². The van der Waals surface area contributed by atoms with Crippen molar-refractivity contribution in [3.63, 3.8) is 0 Å². The number of aromatic amines is 1. The molecule has 0 atom stereocenters. The monoisotopic (exact) mass is 437 g/mol. The Bertz CT molecular complexity index is 1480. The summed E-state index contributed by atoms with van der Waals surface area (Å²) in [6, 6.07) is 12.9. The zero-order chi connectivity index (χ0) is 22.4. The van der Waals surface area contributed by atoms with Gasteiger partial charge in [-0.15, -0.1) is 11.3 Å². The van der Waals surface area contributed by atoms with Crippen LogP contribution in [0.2, 0.25) is 0 Å². The molecule has 6 heteroatoms. The first-order valence-corrected chi connectivity index (χ1v) is 11.6. The maximum Gasteiger partial charge on any atom is 0.149 e. The van der Waals surface area contributed by atoms with Crippen molar-refractivity contribution in [1.29, 1.82) is 10.5 Å². The highest BCUT2D eigenvalue weighted by Gasteiger charge is 2.24. The molecule has 0 radical (unpaired) electrons. The fourth-order valence-electron chi connectivity index (χ4n) is 4.63. The van der Waals surface area contributed by atoms with Crippen molar-refractivity contribution in [3.05, 3.63) is 68.6 Å². The van der Waals surface area contributed by atoms with Gasteiger partial charge in [-0.3, -0.25) is 0 Å². The molecular weight excluding hydrogens is 414 g/mol. The van der Waals surface area contributed by atoms with E-state index in [0.29, 0.717) is 11.4 Å². The molecule has 1 N–H and O–H groups in total. The first-order valence-electron chi connectivity index (χ1n) is 10.8. The largest absolute Gasteiger partial charge is 0.337 e. The number of H-pyrrole nitrogens is 1. The van der Waals surface area contributed by atoms with Gasteiger partial charge in [0.1, 0.15) is 23.0 Å². The quantitative estimate of drug-likeness (QED) is 0.390. The number of imidazole rings is 1. The lowest BCUT2D eigenvalue weighted by atomic mass is 9.96. The molecule has 0 fully saturated rings. The molecule has 0 saturated carbocycles. The fraction of sp³-hybridized carbons (Fsp3) is 0.269. The number of hydrogen-bond acceptors (Lipinski definition) is 4. The van der Waals surface area contributed by atoms with E-state index in [2.05, 4.69) is 46.6 Å². The van der Waals surface area contributed by atoms with E-state index >= 15 is 0 Å². The molecule has 0 spiro atoms. The molecule has 0 unspecified atom stereocenters. The van der Waals surface area contributed by atoms with Crippen LogP contribution in [0.3, 0.4) is 0 Å².